The van der Waals surface area contributed by atoms with Crippen LogP contribution in [0, 0.1) is 0 Å². The van der Waals surface area contributed by atoms with Crippen LogP contribution < -0.4 is 0 Å². The van der Waals surface area contributed by atoms with Crippen LogP contribution in [0.1, 0.15) is 41.6 Å². The predicted molar refractivity (Wildman–Crippen MR) is 95.4 cm³/mol. The number of aromatic nitrogens is 1. The smallest absolute Gasteiger partial charge is 0.255 e. The van der Waals surface area contributed by atoms with E-state index in [4.69, 9.17) is 0 Å². The van der Waals surface area contributed by atoms with Crippen LogP contribution in [-0.2, 0) is 6.42 Å². The van der Waals surface area contributed by atoms with Crippen LogP contribution in [0.5, 0.6) is 0 Å². The van der Waals surface area contributed by atoms with Gasteiger partial charge in [-0.1, -0.05) is 43.2 Å². The zero-order valence-corrected chi connectivity index (χ0v) is 14.7. The molecule has 3 rings (SSSR count). The number of pyridine rings is 1. The minimum Gasteiger partial charge on any atom is -0.335 e. The van der Waals surface area contributed by atoms with Crippen molar-refractivity contribution in [3.63, 3.8) is 0 Å². The summed E-state index contributed by atoms with van der Waals surface area (Å²) in [6.07, 6.45) is 8.93. The van der Waals surface area contributed by atoms with E-state index in [1.807, 2.05) is 12.1 Å². The summed E-state index contributed by atoms with van der Waals surface area (Å²) in [6, 6.07) is 12.6. The fourth-order valence-corrected chi connectivity index (χ4v) is 3.62. The standard InChI is InChI=1S/C19H21BrN2O/c20-17-12-16(13-21-14-17)19(23)22(18-8-4-5-9-18)11-10-15-6-2-1-3-7-15/h1-3,6-7,12-14,18H,4-5,8-11H2. The second kappa shape index (κ2) is 7.73. The minimum atomic E-state index is 0.0987. The molecule has 2 aromatic rings. The van der Waals surface area contributed by atoms with E-state index in [0.717, 1.165) is 30.3 Å². The maximum absolute atomic E-state index is 13.0. The van der Waals surface area contributed by atoms with Crippen LogP contribution in [0.2, 0.25) is 0 Å². The van der Waals surface area contributed by atoms with E-state index < -0.39 is 0 Å². The number of nitrogens with zero attached hydrogens (tertiary/aromatic N) is 2. The highest BCUT2D eigenvalue weighted by Crippen LogP contribution is 2.25. The fourth-order valence-electron chi connectivity index (χ4n) is 3.25. The van der Waals surface area contributed by atoms with Crippen LogP contribution in [-0.4, -0.2) is 28.4 Å². The Balaban J connectivity index is 1.76. The summed E-state index contributed by atoms with van der Waals surface area (Å²) in [5.74, 6) is 0.0987. The minimum absolute atomic E-state index is 0.0987. The summed E-state index contributed by atoms with van der Waals surface area (Å²) in [5, 5.41) is 0. The Labute approximate surface area is 145 Å². The molecule has 3 nitrogen and oxygen atoms in total. The average Bonchev–Trinajstić information content (AvgIpc) is 3.10. The third-order valence-corrected chi connectivity index (χ3v) is 4.90. The third kappa shape index (κ3) is 4.20. The monoisotopic (exact) mass is 372 g/mol. The van der Waals surface area contributed by atoms with Gasteiger partial charge in [0.1, 0.15) is 0 Å². The molecule has 23 heavy (non-hydrogen) atoms. The summed E-state index contributed by atoms with van der Waals surface area (Å²) in [6.45, 7) is 0.764. The molecule has 0 saturated heterocycles. The maximum atomic E-state index is 13.0. The number of amides is 1. The molecule has 0 radical (unpaired) electrons. The van der Waals surface area contributed by atoms with E-state index in [1.165, 1.54) is 18.4 Å². The normalized spacial score (nSPS) is 14.8. The Morgan fingerprint density at radius 3 is 2.61 bits per heavy atom. The number of halogens is 1. The summed E-state index contributed by atoms with van der Waals surface area (Å²) in [4.78, 5) is 19.2. The first-order chi connectivity index (χ1) is 11.2. The highest BCUT2D eigenvalue weighted by molar-refractivity contribution is 9.10. The van der Waals surface area contributed by atoms with Crippen molar-refractivity contribution in [3.05, 3.63) is 64.4 Å². The first kappa shape index (κ1) is 16.2. The van der Waals surface area contributed by atoms with E-state index in [1.54, 1.807) is 12.4 Å². The van der Waals surface area contributed by atoms with Crippen molar-refractivity contribution < 1.29 is 4.79 Å². The molecule has 1 aliphatic carbocycles. The molecule has 0 aliphatic heterocycles. The highest BCUT2D eigenvalue weighted by atomic mass is 79.9. The molecule has 1 aromatic heterocycles. The maximum Gasteiger partial charge on any atom is 0.255 e. The van der Waals surface area contributed by atoms with Gasteiger partial charge in [0.2, 0.25) is 0 Å². The number of rotatable bonds is 5. The van der Waals surface area contributed by atoms with Crippen LogP contribution >= 0.6 is 15.9 Å². The van der Waals surface area contributed by atoms with Gasteiger partial charge in [0.25, 0.3) is 5.91 Å². The van der Waals surface area contributed by atoms with Gasteiger partial charge in [0.15, 0.2) is 0 Å². The lowest BCUT2D eigenvalue weighted by atomic mass is 10.1. The second-order valence-electron chi connectivity index (χ2n) is 6.06. The van der Waals surface area contributed by atoms with E-state index in [9.17, 15) is 4.79 Å². The summed E-state index contributed by atoms with van der Waals surface area (Å²) >= 11 is 3.41. The lowest BCUT2D eigenvalue weighted by Gasteiger charge is -2.29. The molecule has 0 N–H and O–H groups in total. The Kier molecular flexibility index (Phi) is 5.44. The molecule has 1 aliphatic rings. The van der Waals surface area contributed by atoms with Crippen molar-refractivity contribution >= 4 is 21.8 Å². The van der Waals surface area contributed by atoms with Crippen LogP contribution in [0.15, 0.2) is 53.3 Å². The molecule has 0 atom stereocenters. The quantitative estimate of drug-likeness (QED) is 0.775. The number of carbonyl (C=O) groups excluding carboxylic acids is 1. The zero-order valence-electron chi connectivity index (χ0n) is 13.1. The fraction of sp³-hybridized carbons (Fsp3) is 0.368. The van der Waals surface area contributed by atoms with Gasteiger partial charge in [-0.2, -0.15) is 0 Å². The van der Waals surface area contributed by atoms with Crippen molar-refractivity contribution in [3.8, 4) is 0 Å². The van der Waals surface area contributed by atoms with E-state index in [-0.39, 0.29) is 5.91 Å². The lowest BCUT2D eigenvalue weighted by Crippen LogP contribution is -2.40. The van der Waals surface area contributed by atoms with Gasteiger partial charge < -0.3 is 4.90 Å². The Morgan fingerprint density at radius 2 is 1.91 bits per heavy atom. The van der Waals surface area contributed by atoms with Crippen LogP contribution in [0.25, 0.3) is 0 Å². The molecule has 0 spiro atoms. The van der Waals surface area contributed by atoms with Gasteiger partial charge in [-0.25, -0.2) is 0 Å². The molecular weight excluding hydrogens is 352 g/mol. The number of hydrogen-bond acceptors (Lipinski definition) is 2. The Hall–Kier alpha value is -1.68. The number of carbonyl (C=O) groups is 1. The van der Waals surface area contributed by atoms with E-state index in [0.29, 0.717) is 11.6 Å². The first-order valence-electron chi connectivity index (χ1n) is 8.19. The Bertz CT molecular complexity index is 653. The topological polar surface area (TPSA) is 33.2 Å². The third-order valence-electron chi connectivity index (χ3n) is 4.46. The SMILES string of the molecule is O=C(c1cncc(Br)c1)N(CCc1ccccc1)C1CCCC1. The van der Waals surface area contributed by atoms with Crippen molar-refractivity contribution in [1.29, 1.82) is 0 Å². The van der Waals surface area contributed by atoms with Gasteiger partial charge >= 0.3 is 0 Å². The molecular formula is C19H21BrN2O. The summed E-state index contributed by atoms with van der Waals surface area (Å²) < 4.78 is 0.845. The van der Waals surface area contributed by atoms with Crippen molar-refractivity contribution in [2.75, 3.05) is 6.54 Å². The first-order valence-corrected chi connectivity index (χ1v) is 8.99. The van der Waals surface area contributed by atoms with Gasteiger partial charge in [-0.3, -0.25) is 9.78 Å². The Morgan fingerprint density at radius 1 is 1.17 bits per heavy atom. The molecule has 0 unspecified atom stereocenters. The van der Waals surface area contributed by atoms with Crippen molar-refractivity contribution in [2.45, 2.75) is 38.1 Å². The van der Waals surface area contributed by atoms with Gasteiger partial charge in [0.05, 0.1) is 5.56 Å². The molecule has 1 amide bonds. The van der Waals surface area contributed by atoms with E-state index in [2.05, 4.69) is 50.1 Å². The summed E-state index contributed by atoms with van der Waals surface area (Å²) in [7, 11) is 0. The van der Waals surface area contributed by atoms with Crippen LogP contribution in [0.4, 0.5) is 0 Å². The molecule has 4 heteroatoms. The zero-order chi connectivity index (χ0) is 16.1. The van der Waals surface area contributed by atoms with Crippen molar-refractivity contribution in [2.24, 2.45) is 0 Å². The van der Waals surface area contributed by atoms with Gasteiger partial charge in [-0.05, 0) is 46.8 Å². The molecule has 0 bridgehead atoms. The molecule has 1 heterocycles. The molecule has 1 saturated carbocycles. The number of benzene rings is 1. The highest BCUT2D eigenvalue weighted by Gasteiger charge is 2.27. The van der Waals surface area contributed by atoms with E-state index >= 15 is 0 Å². The predicted octanol–water partition coefficient (Wildman–Crippen LogP) is 4.47. The lowest BCUT2D eigenvalue weighted by molar-refractivity contribution is 0.0683. The molecule has 1 aromatic carbocycles. The van der Waals surface area contributed by atoms with Gasteiger partial charge in [-0.15, -0.1) is 0 Å². The number of hydrogen-bond donors (Lipinski definition) is 0. The van der Waals surface area contributed by atoms with Gasteiger partial charge in [0, 0.05) is 29.5 Å². The largest absolute Gasteiger partial charge is 0.335 e. The molecule has 1 fully saturated rings. The average molecular weight is 373 g/mol. The van der Waals surface area contributed by atoms with Crippen molar-refractivity contribution in [1.82, 2.24) is 9.88 Å². The summed E-state index contributed by atoms with van der Waals surface area (Å²) in [5.41, 5.74) is 1.94. The second-order valence-corrected chi connectivity index (χ2v) is 6.98. The molecule has 120 valence electrons. The van der Waals surface area contributed by atoms with Crippen LogP contribution in [0.3, 0.4) is 0 Å².